The van der Waals surface area contributed by atoms with Crippen LogP contribution in [-0.4, -0.2) is 17.7 Å². The van der Waals surface area contributed by atoms with Crippen molar-refractivity contribution >= 4 is 17.3 Å². The standard InChI is InChI=1S/C11H16O3S/c1-4-14-11(13)9-6-5-8(15-9)10(12)7(2)3/h5-7,10,12H,4H2,1-3H3. The Balaban J connectivity index is 2.76. The van der Waals surface area contributed by atoms with E-state index >= 15 is 0 Å². The molecule has 0 aliphatic rings. The third-order valence-electron chi connectivity index (χ3n) is 2.03. The fraction of sp³-hybridized carbons (Fsp3) is 0.545. The van der Waals surface area contributed by atoms with Crippen LogP contribution in [0.3, 0.4) is 0 Å². The number of hydrogen-bond acceptors (Lipinski definition) is 4. The highest BCUT2D eigenvalue weighted by atomic mass is 32.1. The number of carbonyl (C=O) groups is 1. The van der Waals surface area contributed by atoms with Gasteiger partial charge in [0.1, 0.15) is 4.88 Å². The number of aliphatic hydroxyl groups is 1. The molecule has 1 heterocycles. The molecule has 0 radical (unpaired) electrons. The van der Waals surface area contributed by atoms with Gasteiger partial charge in [0, 0.05) is 4.88 Å². The first-order valence-corrected chi connectivity index (χ1v) is 5.82. The summed E-state index contributed by atoms with van der Waals surface area (Å²) in [5, 5.41) is 9.78. The Morgan fingerprint density at radius 3 is 2.73 bits per heavy atom. The minimum absolute atomic E-state index is 0.152. The van der Waals surface area contributed by atoms with Gasteiger partial charge in [-0.05, 0) is 25.0 Å². The molecule has 1 N–H and O–H groups in total. The van der Waals surface area contributed by atoms with Crippen molar-refractivity contribution in [3.63, 3.8) is 0 Å². The summed E-state index contributed by atoms with van der Waals surface area (Å²) in [6.45, 7) is 6.02. The van der Waals surface area contributed by atoms with Crippen molar-refractivity contribution in [2.75, 3.05) is 6.61 Å². The molecule has 3 nitrogen and oxygen atoms in total. The Labute approximate surface area is 93.7 Å². The lowest BCUT2D eigenvalue weighted by Crippen LogP contribution is -2.03. The Morgan fingerprint density at radius 1 is 1.53 bits per heavy atom. The van der Waals surface area contributed by atoms with Gasteiger partial charge in [-0.15, -0.1) is 11.3 Å². The normalized spacial score (nSPS) is 12.9. The second-order valence-electron chi connectivity index (χ2n) is 3.61. The number of aliphatic hydroxyl groups excluding tert-OH is 1. The molecule has 1 rings (SSSR count). The molecule has 0 fully saturated rings. The zero-order valence-corrected chi connectivity index (χ0v) is 10.0. The molecule has 0 aliphatic heterocycles. The van der Waals surface area contributed by atoms with Crippen LogP contribution in [0.1, 0.15) is 41.4 Å². The van der Waals surface area contributed by atoms with Crippen LogP contribution < -0.4 is 0 Å². The molecule has 0 saturated carbocycles. The Hall–Kier alpha value is -0.870. The van der Waals surface area contributed by atoms with Crippen LogP contribution in [0.25, 0.3) is 0 Å². The monoisotopic (exact) mass is 228 g/mol. The zero-order chi connectivity index (χ0) is 11.4. The third-order valence-corrected chi connectivity index (χ3v) is 3.16. The number of ether oxygens (including phenoxy) is 1. The van der Waals surface area contributed by atoms with Crippen molar-refractivity contribution in [2.45, 2.75) is 26.9 Å². The van der Waals surface area contributed by atoms with E-state index in [0.29, 0.717) is 11.5 Å². The maximum absolute atomic E-state index is 11.4. The van der Waals surface area contributed by atoms with E-state index in [9.17, 15) is 9.90 Å². The first-order chi connectivity index (χ1) is 7.06. The maximum atomic E-state index is 11.4. The van der Waals surface area contributed by atoms with Crippen LogP contribution in [0.2, 0.25) is 0 Å². The molecule has 4 heteroatoms. The Bertz CT molecular complexity index is 330. The number of thiophene rings is 1. The van der Waals surface area contributed by atoms with Gasteiger partial charge in [0.05, 0.1) is 12.7 Å². The van der Waals surface area contributed by atoms with E-state index in [-0.39, 0.29) is 11.9 Å². The molecular formula is C11H16O3S. The van der Waals surface area contributed by atoms with Gasteiger partial charge in [-0.3, -0.25) is 0 Å². The van der Waals surface area contributed by atoms with Crippen LogP contribution in [0.15, 0.2) is 12.1 Å². The minimum atomic E-state index is -0.502. The SMILES string of the molecule is CCOC(=O)c1ccc(C(O)C(C)C)s1. The average Bonchev–Trinajstić information content (AvgIpc) is 2.65. The highest BCUT2D eigenvalue weighted by Crippen LogP contribution is 2.28. The van der Waals surface area contributed by atoms with Crippen molar-refractivity contribution in [3.8, 4) is 0 Å². The number of carbonyl (C=O) groups excluding carboxylic acids is 1. The molecule has 1 atom stereocenters. The molecule has 0 spiro atoms. The second kappa shape index (κ2) is 5.28. The van der Waals surface area contributed by atoms with E-state index in [4.69, 9.17) is 4.74 Å². The van der Waals surface area contributed by atoms with Crippen molar-refractivity contribution < 1.29 is 14.6 Å². The predicted octanol–water partition coefficient (Wildman–Crippen LogP) is 2.61. The van der Waals surface area contributed by atoms with E-state index in [0.717, 1.165) is 4.88 Å². The van der Waals surface area contributed by atoms with Gasteiger partial charge in [0.15, 0.2) is 0 Å². The Kier molecular flexibility index (Phi) is 4.29. The van der Waals surface area contributed by atoms with Crippen LogP contribution >= 0.6 is 11.3 Å². The largest absolute Gasteiger partial charge is 0.462 e. The van der Waals surface area contributed by atoms with Crippen molar-refractivity contribution in [1.82, 2.24) is 0 Å². The molecule has 0 bridgehead atoms. The lowest BCUT2D eigenvalue weighted by molar-refractivity contribution is 0.0532. The maximum Gasteiger partial charge on any atom is 0.348 e. The van der Waals surface area contributed by atoms with E-state index < -0.39 is 6.10 Å². The van der Waals surface area contributed by atoms with E-state index in [2.05, 4.69) is 0 Å². The highest BCUT2D eigenvalue weighted by Gasteiger charge is 2.17. The molecule has 0 saturated heterocycles. The van der Waals surface area contributed by atoms with Crippen LogP contribution in [0.4, 0.5) is 0 Å². The first-order valence-electron chi connectivity index (χ1n) is 5.01. The molecule has 0 amide bonds. The lowest BCUT2D eigenvalue weighted by atomic mass is 10.1. The van der Waals surface area contributed by atoms with Crippen LogP contribution in [0.5, 0.6) is 0 Å². The summed E-state index contributed by atoms with van der Waals surface area (Å²) < 4.78 is 4.87. The van der Waals surface area contributed by atoms with Gasteiger partial charge in [-0.2, -0.15) is 0 Å². The summed E-state index contributed by atoms with van der Waals surface area (Å²) in [6, 6.07) is 3.48. The molecule has 15 heavy (non-hydrogen) atoms. The quantitative estimate of drug-likeness (QED) is 0.806. The van der Waals surface area contributed by atoms with Crippen molar-refractivity contribution in [2.24, 2.45) is 5.92 Å². The summed E-state index contributed by atoms with van der Waals surface area (Å²) in [5.74, 6) is -0.164. The van der Waals surface area contributed by atoms with Gasteiger partial charge in [0.25, 0.3) is 0 Å². The molecule has 1 aromatic heterocycles. The van der Waals surface area contributed by atoms with Gasteiger partial charge in [-0.1, -0.05) is 13.8 Å². The molecule has 84 valence electrons. The third kappa shape index (κ3) is 3.04. The Morgan fingerprint density at radius 2 is 2.20 bits per heavy atom. The number of esters is 1. The van der Waals surface area contributed by atoms with E-state index in [1.54, 1.807) is 19.1 Å². The van der Waals surface area contributed by atoms with E-state index in [1.807, 2.05) is 13.8 Å². The van der Waals surface area contributed by atoms with Crippen molar-refractivity contribution in [1.29, 1.82) is 0 Å². The molecule has 0 aliphatic carbocycles. The number of hydrogen-bond donors (Lipinski definition) is 1. The molecule has 0 aromatic carbocycles. The smallest absolute Gasteiger partial charge is 0.348 e. The fourth-order valence-electron chi connectivity index (χ4n) is 1.15. The van der Waals surface area contributed by atoms with E-state index in [1.165, 1.54) is 11.3 Å². The van der Waals surface area contributed by atoms with Crippen LogP contribution in [-0.2, 0) is 4.74 Å². The summed E-state index contributed by atoms with van der Waals surface area (Å²) in [5.41, 5.74) is 0. The van der Waals surface area contributed by atoms with Crippen molar-refractivity contribution in [3.05, 3.63) is 21.9 Å². The van der Waals surface area contributed by atoms with Gasteiger partial charge >= 0.3 is 5.97 Å². The lowest BCUT2D eigenvalue weighted by Gasteiger charge is -2.11. The highest BCUT2D eigenvalue weighted by molar-refractivity contribution is 7.14. The zero-order valence-electron chi connectivity index (χ0n) is 9.19. The predicted molar refractivity (Wildman–Crippen MR) is 60.1 cm³/mol. The summed E-state index contributed by atoms with van der Waals surface area (Å²) in [4.78, 5) is 12.7. The summed E-state index contributed by atoms with van der Waals surface area (Å²) in [6.07, 6.45) is -0.502. The van der Waals surface area contributed by atoms with Crippen LogP contribution in [0, 0.1) is 5.92 Å². The van der Waals surface area contributed by atoms with Gasteiger partial charge < -0.3 is 9.84 Å². The summed E-state index contributed by atoms with van der Waals surface area (Å²) in [7, 11) is 0. The second-order valence-corrected chi connectivity index (χ2v) is 4.73. The van der Waals surface area contributed by atoms with Gasteiger partial charge in [-0.25, -0.2) is 4.79 Å². The molecule has 1 aromatic rings. The number of rotatable bonds is 4. The topological polar surface area (TPSA) is 46.5 Å². The molecular weight excluding hydrogens is 212 g/mol. The first kappa shape index (κ1) is 12.2. The minimum Gasteiger partial charge on any atom is -0.462 e. The van der Waals surface area contributed by atoms with Gasteiger partial charge in [0.2, 0.25) is 0 Å². The molecule has 1 unspecified atom stereocenters. The average molecular weight is 228 g/mol. The fourth-order valence-corrected chi connectivity index (χ4v) is 2.21. The summed E-state index contributed by atoms with van der Waals surface area (Å²) >= 11 is 1.29.